The standard InChI is InChI=1S/C25H25FN8O2/c1-4-23-29-11-16(12-30-23)33-19-8-20(21-6-5-17-7-15(9-27)10-32-34(17)21)28-13-18(19)24(35)31-14-22(26)25(2,3)36/h5-8,10-13,22,36H,4,14H2,1-3H3,(H,28,33)(H,31,35). The number of nitrogens with one attached hydrogen (secondary N) is 2. The predicted octanol–water partition coefficient (Wildman–Crippen LogP) is 3.20. The van der Waals surface area contributed by atoms with E-state index in [0.29, 0.717) is 46.1 Å². The summed E-state index contributed by atoms with van der Waals surface area (Å²) >= 11 is 0. The van der Waals surface area contributed by atoms with Gasteiger partial charge in [0.05, 0.1) is 70.1 Å². The van der Waals surface area contributed by atoms with Gasteiger partial charge in [-0.25, -0.2) is 18.9 Å². The van der Waals surface area contributed by atoms with Gasteiger partial charge in [-0.2, -0.15) is 10.4 Å². The summed E-state index contributed by atoms with van der Waals surface area (Å²) in [5.74, 6) is 0.114. The molecule has 0 fully saturated rings. The number of carbonyl (C=O) groups is 1. The SMILES string of the molecule is CCc1ncc(Nc2cc(-c3ccc4cc(C#N)cnn34)ncc2C(=O)NCC(F)C(C)(C)O)cn1. The van der Waals surface area contributed by atoms with Gasteiger partial charge in [-0.1, -0.05) is 6.92 Å². The van der Waals surface area contributed by atoms with Crippen LogP contribution in [0.25, 0.3) is 16.9 Å². The molecule has 4 aromatic heterocycles. The fourth-order valence-corrected chi connectivity index (χ4v) is 3.42. The number of anilines is 2. The topological polar surface area (TPSA) is 141 Å². The first-order valence-corrected chi connectivity index (χ1v) is 11.3. The number of alkyl halides is 1. The van der Waals surface area contributed by atoms with Gasteiger partial charge in [-0.15, -0.1) is 0 Å². The van der Waals surface area contributed by atoms with Crippen molar-refractivity contribution in [3.8, 4) is 17.5 Å². The fourth-order valence-electron chi connectivity index (χ4n) is 3.42. The minimum Gasteiger partial charge on any atom is -0.387 e. The third-order valence-corrected chi connectivity index (χ3v) is 5.55. The van der Waals surface area contributed by atoms with Crippen molar-refractivity contribution in [2.75, 3.05) is 11.9 Å². The van der Waals surface area contributed by atoms with Gasteiger partial charge < -0.3 is 15.7 Å². The lowest BCUT2D eigenvalue weighted by molar-refractivity contribution is -0.00177. The minimum absolute atomic E-state index is 0.168. The van der Waals surface area contributed by atoms with Gasteiger partial charge in [0.15, 0.2) is 0 Å². The molecule has 3 N–H and O–H groups in total. The molecule has 1 amide bonds. The molecule has 0 aromatic carbocycles. The maximum Gasteiger partial charge on any atom is 0.255 e. The third-order valence-electron chi connectivity index (χ3n) is 5.55. The number of carbonyl (C=O) groups excluding carboxylic acids is 1. The van der Waals surface area contributed by atoms with Crippen LogP contribution in [0.5, 0.6) is 0 Å². The zero-order valence-corrected chi connectivity index (χ0v) is 20.0. The van der Waals surface area contributed by atoms with Crippen LogP contribution in [0.15, 0.2) is 49.1 Å². The highest BCUT2D eigenvalue weighted by atomic mass is 19.1. The van der Waals surface area contributed by atoms with Crippen LogP contribution in [0.4, 0.5) is 15.8 Å². The summed E-state index contributed by atoms with van der Waals surface area (Å²) in [6, 6.07) is 9.07. The van der Waals surface area contributed by atoms with Crippen LogP contribution < -0.4 is 10.6 Å². The Hall–Kier alpha value is -4.43. The Morgan fingerprint density at radius 3 is 2.61 bits per heavy atom. The molecule has 0 saturated heterocycles. The maximum atomic E-state index is 14.2. The molecule has 1 unspecified atom stereocenters. The lowest BCUT2D eigenvalue weighted by Crippen LogP contribution is -2.42. The first-order valence-electron chi connectivity index (χ1n) is 11.3. The number of aryl methyl sites for hydroxylation is 1. The highest BCUT2D eigenvalue weighted by Crippen LogP contribution is 2.27. The van der Waals surface area contributed by atoms with Gasteiger partial charge in [-0.3, -0.25) is 9.78 Å². The molecule has 0 spiro atoms. The van der Waals surface area contributed by atoms with Crippen molar-refractivity contribution in [1.29, 1.82) is 5.26 Å². The van der Waals surface area contributed by atoms with Crippen molar-refractivity contribution in [1.82, 2.24) is 29.9 Å². The van der Waals surface area contributed by atoms with E-state index in [4.69, 9.17) is 5.26 Å². The number of rotatable bonds is 8. The molecule has 10 nitrogen and oxygen atoms in total. The lowest BCUT2D eigenvalue weighted by Gasteiger charge is -2.22. The van der Waals surface area contributed by atoms with Crippen LogP contribution in [0.1, 0.15) is 42.5 Å². The normalized spacial score (nSPS) is 12.2. The quantitative estimate of drug-likeness (QED) is 0.343. The number of pyridine rings is 1. The van der Waals surface area contributed by atoms with E-state index in [9.17, 15) is 14.3 Å². The van der Waals surface area contributed by atoms with Crippen molar-refractivity contribution in [2.45, 2.75) is 39.0 Å². The van der Waals surface area contributed by atoms with E-state index in [1.807, 2.05) is 19.1 Å². The molecular weight excluding hydrogens is 463 g/mol. The first kappa shape index (κ1) is 24.7. The Labute approximate surface area is 206 Å². The summed E-state index contributed by atoms with van der Waals surface area (Å²) in [5.41, 5.74) is 1.83. The molecule has 36 heavy (non-hydrogen) atoms. The highest BCUT2D eigenvalue weighted by molar-refractivity contribution is 6.00. The van der Waals surface area contributed by atoms with E-state index in [0.717, 1.165) is 0 Å². The summed E-state index contributed by atoms with van der Waals surface area (Å²) in [7, 11) is 0. The highest BCUT2D eigenvalue weighted by Gasteiger charge is 2.27. The van der Waals surface area contributed by atoms with E-state index >= 15 is 0 Å². The number of nitriles is 1. The molecule has 4 rings (SSSR count). The number of fused-ring (bicyclic) bond motifs is 1. The molecule has 0 aliphatic carbocycles. The van der Waals surface area contributed by atoms with Crippen LogP contribution >= 0.6 is 0 Å². The van der Waals surface area contributed by atoms with E-state index in [1.165, 1.54) is 26.2 Å². The Morgan fingerprint density at radius 2 is 1.94 bits per heavy atom. The van der Waals surface area contributed by atoms with Crippen LogP contribution in [0.3, 0.4) is 0 Å². The Bertz CT molecular complexity index is 1440. The van der Waals surface area contributed by atoms with Crippen molar-refractivity contribution in [3.63, 3.8) is 0 Å². The molecule has 0 saturated carbocycles. The molecule has 4 heterocycles. The maximum absolute atomic E-state index is 14.2. The number of aliphatic hydroxyl groups is 1. The lowest BCUT2D eigenvalue weighted by atomic mass is 10.0. The van der Waals surface area contributed by atoms with Gasteiger partial charge in [0.2, 0.25) is 0 Å². The molecular formula is C25H25FN8O2. The van der Waals surface area contributed by atoms with E-state index in [-0.39, 0.29) is 12.1 Å². The predicted molar refractivity (Wildman–Crippen MR) is 131 cm³/mol. The fraction of sp³-hybridized carbons (Fsp3) is 0.280. The molecule has 184 valence electrons. The van der Waals surface area contributed by atoms with Gasteiger partial charge in [0.25, 0.3) is 5.91 Å². The summed E-state index contributed by atoms with van der Waals surface area (Å²) < 4.78 is 15.9. The monoisotopic (exact) mass is 488 g/mol. The second-order valence-electron chi connectivity index (χ2n) is 8.72. The van der Waals surface area contributed by atoms with Gasteiger partial charge >= 0.3 is 0 Å². The van der Waals surface area contributed by atoms with Crippen LogP contribution in [-0.2, 0) is 6.42 Å². The number of hydrogen-bond acceptors (Lipinski definition) is 8. The average molecular weight is 489 g/mol. The molecule has 0 aliphatic heterocycles. The third kappa shape index (κ3) is 5.29. The number of hydrogen-bond donors (Lipinski definition) is 3. The number of amides is 1. The first-order chi connectivity index (χ1) is 17.2. The van der Waals surface area contributed by atoms with Crippen LogP contribution in [0, 0.1) is 11.3 Å². The summed E-state index contributed by atoms with van der Waals surface area (Å²) in [6.45, 7) is 4.25. The van der Waals surface area contributed by atoms with Gasteiger partial charge in [0, 0.05) is 12.6 Å². The zero-order chi connectivity index (χ0) is 25.9. The summed E-state index contributed by atoms with van der Waals surface area (Å²) in [4.78, 5) is 25.9. The van der Waals surface area contributed by atoms with Gasteiger partial charge in [-0.05, 0) is 38.1 Å². The molecule has 0 bridgehead atoms. The Morgan fingerprint density at radius 1 is 1.19 bits per heavy atom. The molecule has 0 radical (unpaired) electrons. The molecule has 4 aromatic rings. The Balaban J connectivity index is 1.70. The Kier molecular flexibility index (Phi) is 6.89. The van der Waals surface area contributed by atoms with Crippen molar-refractivity contribution < 1.29 is 14.3 Å². The van der Waals surface area contributed by atoms with Crippen molar-refractivity contribution >= 4 is 22.8 Å². The minimum atomic E-state index is -1.66. The van der Waals surface area contributed by atoms with E-state index < -0.39 is 17.7 Å². The number of halogens is 1. The van der Waals surface area contributed by atoms with Gasteiger partial charge in [0.1, 0.15) is 18.1 Å². The summed E-state index contributed by atoms with van der Waals surface area (Å²) in [5, 5.41) is 28.9. The second-order valence-corrected chi connectivity index (χ2v) is 8.72. The molecule has 0 aliphatic rings. The van der Waals surface area contributed by atoms with Crippen molar-refractivity contribution in [2.24, 2.45) is 0 Å². The largest absolute Gasteiger partial charge is 0.387 e. The van der Waals surface area contributed by atoms with Crippen LogP contribution in [0.2, 0.25) is 0 Å². The second kappa shape index (κ2) is 10.1. The summed E-state index contributed by atoms with van der Waals surface area (Å²) in [6.07, 6.45) is 5.08. The van der Waals surface area contributed by atoms with Crippen LogP contribution in [-0.4, -0.2) is 53.9 Å². The smallest absolute Gasteiger partial charge is 0.255 e. The zero-order valence-electron chi connectivity index (χ0n) is 20.0. The molecule has 11 heteroatoms. The van der Waals surface area contributed by atoms with E-state index in [1.54, 1.807) is 29.0 Å². The number of nitrogens with zero attached hydrogens (tertiary/aromatic N) is 6. The molecule has 1 atom stereocenters. The van der Waals surface area contributed by atoms with E-state index in [2.05, 4.69) is 36.8 Å². The number of aromatic nitrogens is 5. The average Bonchev–Trinajstić information content (AvgIpc) is 3.30. The van der Waals surface area contributed by atoms with Crippen molar-refractivity contribution in [3.05, 3.63) is 66.0 Å².